The summed E-state index contributed by atoms with van der Waals surface area (Å²) in [6.45, 7) is 23.9. The predicted molar refractivity (Wildman–Crippen MR) is 268 cm³/mol. The molecule has 1 unspecified atom stereocenters. The Morgan fingerprint density at radius 2 is 1.33 bits per heavy atom. The van der Waals surface area contributed by atoms with Crippen LogP contribution in [0.25, 0.3) is 40.2 Å². The van der Waals surface area contributed by atoms with Crippen LogP contribution in [0.4, 0.5) is 0 Å². The van der Waals surface area contributed by atoms with Gasteiger partial charge in [0.1, 0.15) is 11.7 Å². The van der Waals surface area contributed by atoms with Crippen LogP contribution in [-0.4, -0.2) is 65.6 Å². The number of aliphatic hydroxyl groups excluding tert-OH is 1. The Hall–Kier alpha value is -3.70. The Balaban J connectivity index is 0.00000817. The number of carbonyl (C=O) groups excluding carboxylic acids is 3. The minimum Gasteiger partial charge on any atom is -0.681 e. The van der Waals surface area contributed by atoms with Crippen molar-refractivity contribution in [2.24, 2.45) is 53.3 Å². The van der Waals surface area contributed by atoms with Gasteiger partial charge in [-0.25, -0.2) is 0 Å². The Bertz CT molecular complexity index is 2280. The maximum atomic E-state index is 13.7. The molecule has 358 valence electrons. The van der Waals surface area contributed by atoms with Gasteiger partial charge in [-0.2, -0.15) is 17.1 Å². The summed E-state index contributed by atoms with van der Waals surface area (Å²) in [7, 11) is 1.32. The molecule has 4 aliphatic rings. The molecule has 0 saturated carbocycles. The fourth-order valence-electron chi connectivity index (χ4n) is 11.1. The molecule has 2 saturated heterocycles. The van der Waals surface area contributed by atoms with E-state index < -0.39 is 17.9 Å². The number of aromatic nitrogens is 2. The summed E-state index contributed by atoms with van der Waals surface area (Å²) in [6, 6.07) is -0.604. The number of Topliss-reactive ketones (excluding diaryl/α,β-unsaturated/α-hetero) is 1. The number of allylic oxidation sites excluding steroid dienone is 3. The molecule has 10 nitrogen and oxygen atoms in total. The molecule has 2 aromatic rings. The number of ether oxygens (including phenoxy) is 2. The molecule has 3 aliphatic heterocycles. The van der Waals surface area contributed by atoms with Crippen LogP contribution >= 0.6 is 0 Å². The number of nitrogens with zero attached hydrogens (tertiary/aromatic N) is 4. The van der Waals surface area contributed by atoms with Gasteiger partial charge in [-0.1, -0.05) is 161 Å². The molecule has 11 heteroatoms. The van der Waals surface area contributed by atoms with Gasteiger partial charge in [0, 0.05) is 17.2 Å². The second kappa shape index (κ2) is 23.5. The Kier molecular flexibility index (Phi) is 19.0. The third-order valence-corrected chi connectivity index (χ3v) is 15.3. The topological polar surface area (TPSA) is 146 Å². The average Bonchev–Trinajstić information content (AvgIpc) is 4.00. The first kappa shape index (κ1) is 53.3. The molecular formula is C55H78MgN4O6-2. The van der Waals surface area contributed by atoms with E-state index in [4.69, 9.17) is 30.1 Å². The number of fused-ring (bicyclic) bond motifs is 8. The van der Waals surface area contributed by atoms with Crippen LogP contribution in [0.3, 0.4) is 0 Å². The zero-order valence-electron chi connectivity index (χ0n) is 42.4. The molecule has 0 amide bonds. The SMILES string of the molecule is CC[C@H]1/C2=C\c3[n-]c4c(c3C)=C(O)[C@H](C(=O)OC)C=4[C@@H]3[N-]/C(=C\c4[n-]c(c(C(C)=O)c4C)/C=C(/[N-]2)[C@@H]1C)[C@@H](C)[C@@H]3CCC(=O)OCCC(C)CCC[C@@H](C)CCC[C@@H](C)CCCC(C)C.[Mg+2]. The molecule has 1 N–H and O–H groups in total. The average molecular weight is 916 g/mol. The van der Waals surface area contributed by atoms with E-state index in [1.165, 1.54) is 58.5 Å². The van der Waals surface area contributed by atoms with E-state index in [9.17, 15) is 19.5 Å². The van der Waals surface area contributed by atoms with Crippen molar-refractivity contribution in [1.29, 1.82) is 0 Å². The molecule has 5 heterocycles. The number of carbonyl (C=O) groups is 3. The minimum atomic E-state index is -1.09. The van der Waals surface area contributed by atoms with Gasteiger partial charge in [0.05, 0.1) is 13.7 Å². The van der Waals surface area contributed by atoms with Crippen LogP contribution in [-0.2, 0) is 19.1 Å². The van der Waals surface area contributed by atoms with Gasteiger partial charge in [0.25, 0.3) is 0 Å². The van der Waals surface area contributed by atoms with Gasteiger partial charge in [-0.3, -0.25) is 14.4 Å². The quantitative estimate of drug-likeness (QED) is 0.0740. The smallest absolute Gasteiger partial charge is 0.681 e. The minimum absolute atomic E-state index is 0. The zero-order valence-corrected chi connectivity index (χ0v) is 43.8. The van der Waals surface area contributed by atoms with E-state index in [0.717, 1.165) is 65.2 Å². The van der Waals surface area contributed by atoms with Crippen LogP contribution in [0, 0.1) is 67.1 Å². The summed E-state index contributed by atoms with van der Waals surface area (Å²) in [6.07, 6.45) is 19.8. The summed E-state index contributed by atoms with van der Waals surface area (Å²) in [5.74, 6) is 0.498. The van der Waals surface area contributed by atoms with Crippen LogP contribution in [0.15, 0.2) is 17.1 Å². The van der Waals surface area contributed by atoms with Gasteiger partial charge in [0.2, 0.25) is 0 Å². The number of esters is 2. The standard InChI is InChI=1S/C55H79N4O6.Mg/c1-13-39-34(7)41-29-46-48(38(11)60)36(9)43(57-46)27-42-35(8)40(52(58-42)50-51(55(63)64-12)54(62)49-37(10)44(59-53(49)50)28-45(39)56-41)23-24-47(61)65-26-25-33(6)22-16-21-32(5)20-15-19-31(4)18-14-17-30(2)3;/h27-35,39-40,51-52H,13-26H2,1-12H3,(H2-,56,57,60,62);/q-3;+2/p-1/b42-27-,45-28+;/t31-,32-,33?,34+,35-,39+,40-,51+,52+;/m0./s1. The van der Waals surface area contributed by atoms with Crippen LogP contribution in [0.5, 0.6) is 0 Å². The summed E-state index contributed by atoms with van der Waals surface area (Å²) in [4.78, 5) is 50.5. The normalized spacial score (nSPS) is 25.7. The van der Waals surface area contributed by atoms with Gasteiger partial charge in [-0.05, 0) is 81.0 Å². The summed E-state index contributed by atoms with van der Waals surface area (Å²) in [5.41, 5.74) is 7.04. The van der Waals surface area contributed by atoms with E-state index >= 15 is 0 Å². The Morgan fingerprint density at radius 3 is 1.92 bits per heavy atom. The van der Waals surface area contributed by atoms with Crippen molar-refractivity contribution in [3.63, 3.8) is 0 Å². The molecule has 8 bridgehead atoms. The molecule has 1 aliphatic carbocycles. The first-order chi connectivity index (χ1) is 30.9. The molecule has 2 aromatic heterocycles. The van der Waals surface area contributed by atoms with Crippen molar-refractivity contribution in [3.05, 3.63) is 72.1 Å². The fourth-order valence-corrected chi connectivity index (χ4v) is 11.1. The number of aliphatic hydroxyl groups is 1. The van der Waals surface area contributed by atoms with Crippen molar-refractivity contribution in [2.45, 2.75) is 166 Å². The molecule has 66 heavy (non-hydrogen) atoms. The predicted octanol–water partition coefficient (Wildman–Crippen LogP) is 11.2. The largest absolute Gasteiger partial charge is 2.00 e. The number of hydrogen-bond donors (Lipinski definition) is 1. The number of hydrogen-bond acceptors (Lipinski definition) is 6. The molecule has 9 atom stereocenters. The van der Waals surface area contributed by atoms with Crippen molar-refractivity contribution >= 4 is 70.3 Å². The van der Waals surface area contributed by atoms with Gasteiger partial charge in [0.15, 0.2) is 5.78 Å². The maximum Gasteiger partial charge on any atom is 2.00 e. The van der Waals surface area contributed by atoms with E-state index in [2.05, 4.69) is 55.4 Å². The van der Waals surface area contributed by atoms with Crippen molar-refractivity contribution in [1.82, 2.24) is 9.97 Å². The summed E-state index contributed by atoms with van der Waals surface area (Å²) >= 11 is 0. The summed E-state index contributed by atoms with van der Waals surface area (Å²) < 4.78 is 11.2. The van der Waals surface area contributed by atoms with E-state index in [-0.39, 0.29) is 70.7 Å². The van der Waals surface area contributed by atoms with E-state index in [0.29, 0.717) is 57.7 Å². The first-order valence-corrected chi connectivity index (χ1v) is 25.0. The van der Waals surface area contributed by atoms with Crippen molar-refractivity contribution in [2.75, 3.05) is 13.7 Å². The van der Waals surface area contributed by atoms with Crippen LogP contribution in [0.1, 0.15) is 184 Å². The molecule has 6 rings (SSSR count). The second-order valence-electron chi connectivity index (χ2n) is 20.8. The summed E-state index contributed by atoms with van der Waals surface area (Å²) in [5, 5.41) is 23.4. The van der Waals surface area contributed by atoms with Gasteiger partial charge < -0.3 is 35.2 Å². The molecule has 0 spiro atoms. The Labute approximate surface area is 411 Å². The van der Waals surface area contributed by atoms with Crippen LogP contribution < -0.4 is 20.5 Å². The van der Waals surface area contributed by atoms with Crippen LogP contribution in [0.2, 0.25) is 0 Å². The van der Waals surface area contributed by atoms with Gasteiger partial charge in [-0.15, -0.1) is 22.4 Å². The Morgan fingerprint density at radius 1 is 0.758 bits per heavy atom. The molecule has 2 fully saturated rings. The first-order valence-electron chi connectivity index (χ1n) is 25.0. The monoisotopic (exact) mass is 915 g/mol. The zero-order chi connectivity index (χ0) is 47.3. The number of rotatable bonds is 21. The van der Waals surface area contributed by atoms with Gasteiger partial charge >= 0.3 is 35.0 Å². The van der Waals surface area contributed by atoms with E-state index in [1.54, 1.807) is 6.92 Å². The second-order valence-corrected chi connectivity index (χ2v) is 20.8. The van der Waals surface area contributed by atoms with E-state index in [1.807, 2.05) is 32.1 Å². The molecule has 0 aromatic carbocycles. The fraction of sp³-hybridized carbons (Fsp3) is 0.655. The van der Waals surface area contributed by atoms with Crippen molar-refractivity contribution in [3.8, 4) is 0 Å². The maximum absolute atomic E-state index is 13.7. The third-order valence-electron chi connectivity index (χ3n) is 15.3. The molecular weight excluding hydrogens is 837 g/mol. The molecule has 0 radical (unpaired) electrons. The third kappa shape index (κ3) is 11.9. The number of ketones is 1. The van der Waals surface area contributed by atoms with Crippen molar-refractivity contribution < 1.29 is 29.0 Å². The number of methoxy groups -OCH3 is 1.